The first-order valence-electron chi connectivity index (χ1n) is 4.65. The maximum absolute atomic E-state index is 10.7. The van der Waals surface area contributed by atoms with Gasteiger partial charge in [-0.1, -0.05) is 31.5 Å². The maximum atomic E-state index is 10.7. The van der Waals surface area contributed by atoms with Crippen LogP contribution in [0.25, 0.3) is 0 Å². The van der Waals surface area contributed by atoms with E-state index < -0.39 is 0 Å². The molecule has 1 aromatic rings. The van der Waals surface area contributed by atoms with Crippen molar-refractivity contribution in [2.24, 2.45) is 0 Å². The zero-order valence-electron chi connectivity index (χ0n) is 7.94. The van der Waals surface area contributed by atoms with Crippen LogP contribution >= 0.6 is 0 Å². The standard InChI is InChI=1S/C11H15NO/c1-2-3-9-12(10-13)11-7-5-4-6-8-11/h4-8,10H,2-3,9H2,1H3. The van der Waals surface area contributed by atoms with Crippen molar-refractivity contribution in [3.63, 3.8) is 0 Å². The van der Waals surface area contributed by atoms with Gasteiger partial charge in [-0.2, -0.15) is 0 Å². The summed E-state index contributed by atoms with van der Waals surface area (Å²) in [6, 6.07) is 9.73. The topological polar surface area (TPSA) is 20.3 Å². The van der Waals surface area contributed by atoms with Crippen LogP contribution in [0.4, 0.5) is 5.69 Å². The first-order chi connectivity index (χ1) is 6.38. The minimum Gasteiger partial charge on any atom is -0.315 e. The summed E-state index contributed by atoms with van der Waals surface area (Å²) in [6.45, 7) is 2.93. The molecule has 0 bridgehead atoms. The Morgan fingerprint density at radius 2 is 2.00 bits per heavy atom. The molecule has 0 radical (unpaired) electrons. The molecule has 0 atom stereocenters. The van der Waals surface area contributed by atoms with Gasteiger partial charge in [-0.05, 0) is 18.6 Å². The molecule has 0 unspecified atom stereocenters. The normalized spacial score (nSPS) is 9.62. The number of amides is 1. The molecule has 0 aliphatic rings. The van der Waals surface area contributed by atoms with Crippen LogP contribution in [0.3, 0.4) is 0 Å². The fourth-order valence-electron chi connectivity index (χ4n) is 1.19. The summed E-state index contributed by atoms with van der Waals surface area (Å²) in [7, 11) is 0. The van der Waals surface area contributed by atoms with Crippen molar-refractivity contribution < 1.29 is 4.79 Å². The quantitative estimate of drug-likeness (QED) is 0.632. The molecule has 2 heteroatoms. The van der Waals surface area contributed by atoms with Gasteiger partial charge >= 0.3 is 0 Å². The molecule has 1 amide bonds. The minimum absolute atomic E-state index is 0.810. The molecular formula is C11H15NO. The fourth-order valence-corrected chi connectivity index (χ4v) is 1.19. The van der Waals surface area contributed by atoms with Gasteiger partial charge in [0, 0.05) is 12.2 Å². The second-order valence-corrected chi connectivity index (χ2v) is 2.99. The summed E-state index contributed by atoms with van der Waals surface area (Å²) in [5.74, 6) is 0. The lowest BCUT2D eigenvalue weighted by Gasteiger charge is -2.16. The molecule has 2 nitrogen and oxygen atoms in total. The second-order valence-electron chi connectivity index (χ2n) is 2.99. The van der Waals surface area contributed by atoms with E-state index in [0.717, 1.165) is 31.5 Å². The third-order valence-corrected chi connectivity index (χ3v) is 1.97. The van der Waals surface area contributed by atoms with Crippen LogP contribution in [0.2, 0.25) is 0 Å². The zero-order chi connectivity index (χ0) is 9.52. The Kier molecular flexibility index (Phi) is 4.03. The Hall–Kier alpha value is -1.31. The number of nitrogens with zero attached hydrogens (tertiary/aromatic N) is 1. The van der Waals surface area contributed by atoms with Crippen LogP contribution < -0.4 is 4.90 Å². The summed E-state index contributed by atoms with van der Waals surface area (Å²) in [5.41, 5.74) is 0.978. The molecule has 0 N–H and O–H groups in total. The molecule has 0 heterocycles. The van der Waals surface area contributed by atoms with E-state index in [1.54, 1.807) is 4.90 Å². The molecule has 0 aromatic heterocycles. The Balaban J connectivity index is 2.61. The van der Waals surface area contributed by atoms with E-state index in [1.165, 1.54) is 0 Å². The van der Waals surface area contributed by atoms with Crippen LogP contribution in [-0.2, 0) is 4.79 Å². The van der Waals surface area contributed by atoms with Crippen LogP contribution in [0.5, 0.6) is 0 Å². The van der Waals surface area contributed by atoms with Gasteiger partial charge < -0.3 is 4.90 Å². The molecular weight excluding hydrogens is 162 g/mol. The summed E-state index contributed by atoms with van der Waals surface area (Å²) in [5, 5.41) is 0. The predicted molar refractivity (Wildman–Crippen MR) is 54.8 cm³/mol. The van der Waals surface area contributed by atoms with Crippen molar-refractivity contribution in [3.8, 4) is 0 Å². The van der Waals surface area contributed by atoms with Gasteiger partial charge in [0.1, 0.15) is 0 Å². The second kappa shape index (κ2) is 5.36. The molecule has 0 spiro atoms. The van der Waals surface area contributed by atoms with Crippen molar-refractivity contribution >= 4 is 12.1 Å². The molecule has 0 saturated heterocycles. The summed E-state index contributed by atoms with van der Waals surface area (Å²) >= 11 is 0. The Bertz CT molecular complexity index is 246. The van der Waals surface area contributed by atoms with Crippen LogP contribution in [-0.4, -0.2) is 13.0 Å². The number of unbranched alkanes of at least 4 members (excludes halogenated alkanes) is 1. The third-order valence-electron chi connectivity index (χ3n) is 1.97. The Labute approximate surface area is 79.2 Å². The molecule has 1 aromatic carbocycles. The molecule has 0 aliphatic heterocycles. The van der Waals surface area contributed by atoms with E-state index in [1.807, 2.05) is 30.3 Å². The molecule has 0 saturated carbocycles. The largest absolute Gasteiger partial charge is 0.315 e. The smallest absolute Gasteiger partial charge is 0.214 e. The van der Waals surface area contributed by atoms with Crippen LogP contribution in [0.1, 0.15) is 19.8 Å². The first-order valence-corrected chi connectivity index (χ1v) is 4.65. The molecule has 0 fully saturated rings. The minimum atomic E-state index is 0.810. The lowest BCUT2D eigenvalue weighted by Crippen LogP contribution is -2.21. The number of rotatable bonds is 5. The monoisotopic (exact) mass is 177 g/mol. The zero-order valence-corrected chi connectivity index (χ0v) is 7.94. The van der Waals surface area contributed by atoms with E-state index >= 15 is 0 Å². The molecule has 13 heavy (non-hydrogen) atoms. The maximum Gasteiger partial charge on any atom is 0.214 e. The summed E-state index contributed by atoms with van der Waals surface area (Å²) < 4.78 is 0. The van der Waals surface area contributed by atoms with Crippen molar-refractivity contribution in [2.75, 3.05) is 11.4 Å². The number of hydrogen-bond acceptors (Lipinski definition) is 1. The summed E-state index contributed by atoms with van der Waals surface area (Å²) in [6.07, 6.45) is 3.05. The summed E-state index contributed by atoms with van der Waals surface area (Å²) in [4.78, 5) is 12.5. The SMILES string of the molecule is CCCCN(C=O)c1ccccc1. The van der Waals surface area contributed by atoms with E-state index in [-0.39, 0.29) is 0 Å². The highest BCUT2D eigenvalue weighted by atomic mass is 16.1. The van der Waals surface area contributed by atoms with Gasteiger partial charge in [0.25, 0.3) is 0 Å². The fraction of sp³-hybridized carbons (Fsp3) is 0.364. The highest BCUT2D eigenvalue weighted by molar-refractivity contribution is 5.74. The van der Waals surface area contributed by atoms with E-state index in [0.29, 0.717) is 0 Å². The van der Waals surface area contributed by atoms with Crippen molar-refractivity contribution in [1.82, 2.24) is 0 Å². The Morgan fingerprint density at radius 1 is 1.31 bits per heavy atom. The van der Waals surface area contributed by atoms with E-state index in [2.05, 4.69) is 6.92 Å². The number of para-hydroxylation sites is 1. The number of anilines is 1. The van der Waals surface area contributed by atoms with Crippen molar-refractivity contribution in [1.29, 1.82) is 0 Å². The third kappa shape index (κ3) is 2.90. The number of hydrogen-bond donors (Lipinski definition) is 0. The molecule has 70 valence electrons. The van der Waals surface area contributed by atoms with Gasteiger partial charge in [0.05, 0.1) is 0 Å². The number of carbonyl (C=O) groups excluding carboxylic acids is 1. The highest BCUT2D eigenvalue weighted by Gasteiger charge is 2.01. The van der Waals surface area contributed by atoms with Gasteiger partial charge in [-0.15, -0.1) is 0 Å². The van der Waals surface area contributed by atoms with E-state index in [4.69, 9.17) is 0 Å². The molecule has 0 aliphatic carbocycles. The predicted octanol–water partition coefficient (Wildman–Crippen LogP) is 2.45. The number of benzene rings is 1. The van der Waals surface area contributed by atoms with Gasteiger partial charge in [-0.25, -0.2) is 0 Å². The lowest BCUT2D eigenvalue weighted by molar-refractivity contribution is -0.107. The van der Waals surface area contributed by atoms with Crippen LogP contribution in [0.15, 0.2) is 30.3 Å². The average Bonchev–Trinajstić information content (AvgIpc) is 2.21. The lowest BCUT2D eigenvalue weighted by atomic mass is 10.2. The van der Waals surface area contributed by atoms with Gasteiger partial charge in [0.15, 0.2) is 0 Å². The van der Waals surface area contributed by atoms with Crippen molar-refractivity contribution in [2.45, 2.75) is 19.8 Å². The van der Waals surface area contributed by atoms with Crippen molar-refractivity contribution in [3.05, 3.63) is 30.3 Å². The average molecular weight is 177 g/mol. The van der Waals surface area contributed by atoms with Gasteiger partial charge in [0.2, 0.25) is 6.41 Å². The number of carbonyl (C=O) groups is 1. The van der Waals surface area contributed by atoms with Crippen LogP contribution in [0, 0.1) is 0 Å². The van der Waals surface area contributed by atoms with E-state index in [9.17, 15) is 4.79 Å². The highest BCUT2D eigenvalue weighted by Crippen LogP contribution is 2.11. The Morgan fingerprint density at radius 3 is 2.54 bits per heavy atom. The first kappa shape index (κ1) is 9.78. The van der Waals surface area contributed by atoms with Gasteiger partial charge in [-0.3, -0.25) is 4.79 Å². The molecule has 1 rings (SSSR count).